The van der Waals surface area contributed by atoms with Crippen LogP contribution in [0.5, 0.6) is 0 Å². The highest BCUT2D eigenvalue weighted by molar-refractivity contribution is 6.39. The summed E-state index contributed by atoms with van der Waals surface area (Å²) in [4.78, 5) is 30.5. The van der Waals surface area contributed by atoms with Crippen LogP contribution < -0.4 is 5.32 Å². The van der Waals surface area contributed by atoms with Gasteiger partial charge in [-0.1, -0.05) is 20.8 Å². The first kappa shape index (κ1) is 15.0. The molecular formula is C17H23N3O2. The fourth-order valence-corrected chi connectivity index (χ4v) is 4.45. The zero-order valence-electron chi connectivity index (χ0n) is 13.4. The van der Waals surface area contributed by atoms with Gasteiger partial charge in [0.25, 0.3) is 0 Å². The number of aromatic nitrogens is 1. The molecule has 2 unspecified atom stereocenters. The Balaban J connectivity index is 1.72. The van der Waals surface area contributed by atoms with Gasteiger partial charge in [0.1, 0.15) is 0 Å². The minimum absolute atomic E-state index is 0.136. The highest BCUT2D eigenvalue weighted by atomic mass is 16.2. The molecule has 22 heavy (non-hydrogen) atoms. The zero-order valence-corrected chi connectivity index (χ0v) is 13.4. The van der Waals surface area contributed by atoms with Gasteiger partial charge in [-0.3, -0.25) is 14.6 Å². The van der Waals surface area contributed by atoms with Crippen LogP contribution in [0, 0.1) is 10.8 Å². The van der Waals surface area contributed by atoms with Crippen molar-refractivity contribution in [3.8, 4) is 0 Å². The van der Waals surface area contributed by atoms with Crippen molar-refractivity contribution in [2.45, 2.75) is 46.1 Å². The van der Waals surface area contributed by atoms with Gasteiger partial charge in [0.2, 0.25) is 0 Å². The molecule has 2 bridgehead atoms. The number of anilines is 1. The molecular weight excluding hydrogens is 278 g/mol. The average molecular weight is 301 g/mol. The minimum atomic E-state index is -0.568. The Morgan fingerprint density at radius 1 is 1.32 bits per heavy atom. The van der Waals surface area contributed by atoms with Crippen LogP contribution in [-0.4, -0.2) is 34.3 Å². The number of amides is 2. The fraction of sp³-hybridized carbons (Fsp3) is 0.588. The lowest BCUT2D eigenvalue weighted by atomic mass is 9.65. The summed E-state index contributed by atoms with van der Waals surface area (Å²) in [5, 5.41) is 2.64. The molecule has 1 saturated heterocycles. The largest absolute Gasteiger partial charge is 0.331 e. The minimum Gasteiger partial charge on any atom is -0.331 e. The van der Waals surface area contributed by atoms with Gasteiger partial charge in [0.05, 0.1) is 11.9 Å². The zero-order chi connectivity index (χ0) is 16.0. The van der Waals surface area contributed by atoms with Crippen molar-refractivity contribution in [3.05, 3.63) is 24.5 Å². The van der Waals surface area contributed by atoms with Crippen molar-refractivity contribution in [1.82, 2.24) is 9.88 Å². The van der Waals surface area contributed by atoms with Crippen molar-refractivity contribution >= 4 is 17.5 Å². The average Bonchev–Trinajstić information content (AvgIpc) is 2.68. The third-order valence-corrected chi connectivity index (χ3v) is 4.79. The van der Waals surface area contributed by atoms with Gasteiger partial charge in [-0.2, -0.15) is 0 Å². The lowest BCUT2D eigenvalue weighted by Gasteiger charge is -2.39. The second-order valence-electron chi connectivity index (χ2n) is 7.84. The molecule has 1 aromatic heterocycles. The summed E-state index contributed by atoms with van der Waals surface area (Å²) >= 11 is 0. The Bertz CT molecular complexity index is 599. The summed E-state index contributed by atoms with van der Waals surface area (Å²) in [5.41, 5.74) is 0.915. The Morgan fingerprint density at radius 3 is 2.77 bits per heavy atom. The molecule has 1 aliphatic carbocycles. The first-order valence-corrected chi connectivity index (χ1v) is 7.80. The van der Waals surface area contributed by atoms with Crippen molar-refractivity contribution in [3.63, 3.8) is 0 Å². The van der Waals surface area contributed by atoms with Gasteiger partial charge in [-0.25, -0.2) is 0 Å². The molecule has 0 aromatic carbocycles. The highest BCUT2D eigenvalue weighted by Gasteiger charge is 2.51. The third-order valence-electron chi connectivity index (χ3n) is 4.79. The maximum Gasteiger partial charge on any atom is 0.313 e. The summed E-state index contributed by atoms with van der Waals surface area (Å²) in [5.74, 6) is -0.989. The van der Waals surface area contributed by atoms with E-state index in [0.717, 1.165) is 19.3 Å². The molecule has 1 saturated carbocycles. The third kappa shape index (κ3) is 2.85. The highest BCUT2D eigenvalue weighted by Crippen LogP contribution is 2.52. The van der Waals surface area contributed by atoms with Crippen LogP contribution in [0.1, 0.15) is 40.0 Å². The number of rotatable bonds is 1. The van der Waals surface area contributed by atoms with Crippen molar-refractivity contribution in [2.24, 2.45) is 10.8 Å². The van der Waals surface area contributed by atoms with E-state index in [1.165, 1.54) is 6.20 Å². The van der Waals surface area contributed by atoms with Gasteiger partial charge in [0, 0.05) is 18.8 Å². The summed E-state index contributed by atoms with van der Waals surface area (Å²) in [7, 11) is 0. The van der Waals surface area contributed by atoms with E-state index in [1.807, 2.05) is 0 Å². The second kappa shape index (κ2) is 5.07. The molecule has 3 rings (SSSR count). The fourth-order valence-electron chi connectivity index (χ4n) is 4.45. The van der Waals surface area contributed by atoms with Gasteiger partial charge in [0.15, 0.2) is 0 Å². The lowest BCUT2D eigenvalue weighted by molar-refractivity contribution is -0.144. The molecule has 2 atom stereocenters. The summed E-state index contributed by atoms with van der Waals surface area (Å²) in [6, 6.07) is 3.64. The quantitative estimate of drug-likeness (QED) is 0.810. The molecule has 118 valence electrons. The predicted molar refractivity (Wildman–Crippen MR) is 84.1 cm³/mol. The number of hydrogen-bond acceptors (Lipinski definition) is 3. The standard InChI is InChI=1S/C17H23N3O2/c1-16(2)7-13-8-17(3,10-16)11-20(13)15(22)14(21)19-12-5-4-6-18-9-12/h4-6,9,13H,7-8,10-11H2,1-3H3,(H,19,21). The summed E-state index contributed by atoms with van der Waals surface area (Å²) < 4.78 is 0. The lowest BCUT2D eigenvalue weighted by Crippen LogP contribution is -2.43. The monoisotopic (exact) mass is 301 g/mol. The molecule has 1 aromatic rings. The number of likely N-dealkylation sites (tertiary alicyclic amines) is 1. The van der Waals surface area contributed by atoms with E-state index >= 15 is 0 Å². The molecule has 1 N–H and O–H groups in total. The van der Waals surface area contributed by atoms with Crippen LogP contribution in [-0.2, 0) is 9.59 Å². The number of carbonyl (C=O) groups is 2. The van der Waals surface area contributed by atoms with Crippen LogP contribution in [0.2, 0.25) is 0 Å². The maximum absolute atomic E-state index is 12.5. The molecule has 5 heteroatoms. The molecule has 2 heterocycles. The van der Waals surface area contributed by atoms with E-state index in [1.54, 1.807) is 23.2 Å². The Hall–Kier alpha value is -1.91. The predicted octanol–water partition coefficient (Wildman–Crippen LogP) is 2.45. The Kier molecular flexibility index (Phi) is 3.46. The van der Waals surface area contributed by atoms with E-state index in [2.05, 4.69) is 31.1 Å². The van der Waals surface area contributed by atoms with E-state index in [0.29, 0.717) is 12.2 Å². The Labute approximate surface area is 131 Å². The molecule has 2 aliphatic rings. The van der Waals surface area contributed by atoms with Crippen LogP contribution in [0.25, 0.3) is 0 Å². The molecule has 0 radical (unpaired) electrons. The first-order chi connectivity index (χ1) is 10.3. The molecule has 0 spiro atoms. The number of fused-ring (bicyclic) bond motifs is 2. The second-order valence-corrected chi connectivity index (χ2v) is 7.84. The number of nitrogens with one attached hydrogen (secondary N) is 1. The van der Waals surface area contributed by atoms with E-state index in [-0.39, 0.29) is 16.9 Å². The molecule has 2 amide bonds. The normalized spacial score (nSPS) is 29.2. The van der Waals surface area contributed by atoms with Crippen molar-refractivity contribution in [1.29, 1.82) is 0 Å². The van der Waals surface area contributed by atoms with Gasteiger partial charge < -0.3 is 10.2 Å². The molecule has 1 aliphatic heterocycles. The molecule has 5 nitrogen and oxygen atoms in total. The maximum atomic E-state index is 12.5. The number of nitrogens with zero attached hydrogens (tertiary/aromatic N) is 2. The Morgan fingerprint density at radius 2 is 2.09 bits per heavy atom. The first-order valence-electron chi connectivity index (χ1n) is 7.80. The summed E-state index contributed by atoms with van der Waals surface area (Å²) in [6.07, 6.45) is 6.24. The number of pyridine rings is 1. The SMILES string of the molecule is CC1(C)CC2CC(C)(CN2C(=O)C(=O)Nc2cccnc2)C1. The molecule has 2 fully saturated rings. The van der Waals surface area contributed by atoms with Gasteiger partial charge in [-0.05, 0) is 42.2 Å². The smallest absolute Gasteiger partial charge is 0.313 e. The van der Waals surface area contributed by atoms with E-state index < -0.39 is 11.8 Å². The van der Waals surface area contributed by atoms with Crippen molar-refractivity contribution < 1.29 is 9.59 Å². The number of carbonyl (C=O) groups excluding carboxylic acids is 2. The van der Waals surface area contributed by atoms with Crippen LogP contribution in [0.4, 0.5) is 5.69 Å². The number of hydrogen-bond donors (Lipinski definition) is 1. The van der Waals surface area contributed by atoms with Crippen LogP contribution in [0.3, 0.4) is 0 Å². The van der Waals surface area contributed by atoms with Gasteiger partial charge in [-0.15, -0.1) is 0 Å². The van der Waals surface area contributed by atoms with Crippen LogP contribution >= 0.6 is 0 Å². The van der Waals surface area contributed by atoms with Crippen molar-refractivity contribution in [2.75, 3.05) is 11.9 Å². The summed E-state index contributed by atoms with van der Waals surface area (Å²) in [6.45, 7) is 7.41. The van der Waals surface area contributed by atoms with E-state index in [4.69, 9.17) is 0 Å². The van der Waals surface area contributed by atoms with E-state index in [9.17, 15) is 9.59 Å². The van der Waals surface area contributed by atoms with Gasteiger partial charge >= 0.3 is 11.8 Å². The van der Waals surface area contributed by atoms with Crippen LogP contribution in [0.15, 0.2) is 24.5 Å². The topological polar surface area (TPSA) is 62.3 Å².